The standard InChI is InChI=1S/C9H17NO3S/c1-2-3-6-13-9(11)10-4-7-14(12)8-5-10/h2-8H2,1H3. The Morgan fingerprint density at radius 1 is 1.50 bits per heavy atom. The fraction of sp³-hybridized carbons (Fsp3) is 0.889. The zero-order chi connectivity index (χ0) is 10.4. The van der Waals surface area contributed by atoms with Crippen molar-refractivity contribution in [2.24, 2.45) is 0 Å². The lowest BCUT2D eigenvalue weighted by Crippen LogP contribution is -2.44. The fourth-order valence-electron chi connectivity index (χ4n) is 1.22. The lowest BCUT2D eigenvalue weighted by Gasteiger charge is -2.27. The SMILES string of the molecule is CCCCOC(=O)N1CC[S+]([O-])CC1. The van der Waals surface area contributed by atoms with E-state index in [1.165, 1.54) is 0 Å². The smallest absolute Gasteiger partial charge is 0.410 e. The number of amides is 1. The van der Waals surface area contributed by atoms with Crippen molar-refractivity contribution in [1.82, 2.24) is 4.90 Å². The summed E-state index contributed by atoms with van der Waals surface area (Å²) in [6, 6.07) is 0. The molecule has 0 aromatic rings. The van der Waals surface area contributed by atoms with Gasteiger partial charge in [0.1, 0.15) is 11.5 Å². The molecule has 1 fully saturated rings. The summed E-state index contributed by atoms with van der Waals surface area (Å²) in [6.07, 6.45) is 1.68. The second-order valence-corrected chi connectivity index (χ2v) is 5.00. The molecule has 0 radical (unpaired) electrons. The van der Waals surface area contributed by atoms with Gasteiger partial charge in [-0.25, -0.2) is 4.79 Å². The highest BCUT2D eigenvalue weighted by atomic mass is 32.2. The first-order chi connectivity index (χ1) is 6.74. The van der Waals surface area contributed by atoms with Crippen molar-refractivity contribution in [3.63, 3.8) is 0 Å². The van der Waals surface area contributed by atoms with Crippen LogP contribution < -0.4 is 0 Å². The van der Waals surface area contributed by atoms with Crippen molar-refractivity contribution >= 4 is 17.3 Å². The Morgan fingerprint density at radius 2 is 2.14 bits per heavy atom. The normalized spacial score (nSPS) is 18.3. The van der Waals surface area contributed by atoms with Gasteiger partial charge in [-0.1, -0.05) is 24.5 Å². The average molecular weight is 219 g/mol. The van der Waals surface area contributed by atoms with Crippen LogP contribution in [-0.2, 0) is 15.9 Å². The fourth-order valence-corrected chi connectivity index (χ4v) is 2.27. The number of nitrogens with zero attached hydrogens (tertiary/aromatic N) is 1. The molecule has 1 rings (SSSR count). The molecule has 82 valence electrons. The molecule has 0 saturated carbocycles. The van der Waals surface area contributed by atoms with E-state index in [1.807, 2.05) is 0 Å². The topological polar surface area (TPSA) is 52.6 Å². The molecule has 0 spiro atoms. The molecule has 5 heteroatoms. The van der Waals surface area contributed by atoms with E-state index in [1.54, 1.807) is 4.90 Å². The number of rotatable bonds is 3. The van der Waals surface area contributed by atoms with Gasteiger partial charge < -0.3 is 9.29 Å². The van der Waals surface area contributed by atoms with Crippen LogP contribution in [0.3, 0.4) is 0 Å². The molecular weight excluding hydrogens is 202 g/mol. The first-order valence-electron chi connectivity index (χ1n) is 5.00. The minimum atomic E-state index is -0.734. The Morgan fingerprint density at radius 3 is 2.71 bits per heavy atom. The predicted molar refractivity (Wildman–Crippen MR) is 55.7 cm³/mol. The first kappa shape index (κ1) is 11.7. The maximum absolute atomic E-state index is 11.4. The number of hydrogen-bond acceptors (Lipinski definition) is 3. The molecular formula is C9H17NO3S. The van der Waals surface area contributed by atoms with Crippen LogP contribution in [0.4, 0.5) is 4.79 Å². The van der Waals surface area contributed by atoms with Gasteiger partial charge in [0.25, 0.3) is 0 Å². The predicted octanol–water partition coefficient (Wildman–Crippen LogP) is 0.987. The molecule has 1 amide bonds. The van der Waals surface area contributed by atoms with Gasteiger partial charge in [-0.2, -0.15) is 0 Å². The van der Waals surface area contributed by atoms with Crippen LogP contribution in [0.5, 0.6) is 0 Å². The molecule has 1 aliphatic heterocycles. The molecule has 0 unspecified atom stereocenters. The summed E-state index contributed by atoms with van der Waals surface area (Å²) >= 11 is -0.734. The second-order valence-electron chi connectivity index (χ2n) is 3.30. The van der Waals surface area contributed by atoms with Gasteiger partial charge in [0, 0.05) is 0 Å². The Bertz CT molecular complexity index is 181. The van der Waals surface area contributed by atoms with E-state index in [4.69, 9.17) is 4.74 Å². The molecule has 4 nitrogen and oxygen atoms in total. The van der Waals surface area contributed by atoms with Crippen molar-refractivity contribution in [1.29, 1.82) is 0 Å². The van der Waals surface area contributed by atoms with Crippen molar-refractivity contribution < 1.29 is 14.1 Å². The number of unbranched alkanes of at least 4 members (excludes halogenated alkanes) is 1. The van der Waals surface area contributed by atoms with Gasteiger partial charge in [0.2, 0.25) is 0 Å². The summed E-state index contributed by atoms with van der Waals surface area (Å²) in [5.74, 6) is 1.17. The van der Waals surface area contributed by atoms with Crippen molar-refractivity contribution in [2.45, 2.75) is 19.8 Å². The van der Waals surface area contributed by atoms with Crippen LogP contribution in [0.2, 0.25) is 0 Å². The third-order valence-corrected chi connectivity index (χ3v) is 3.44. The highest BCUT2D eigenvalue weighted by molar-refractivity contribution is 7.91. The minimum Gasteiger partial charge on any atom is -0.616 e. The van der Waals surface area contributed by atoms with Gasteiger partial charge in [0.05, 0.1) is 19.7 Å². The monoisotopic (exact) mass is 219 g/mol. The average Bonchev–Trinajstić information content (AvgIpc) is 2.19. The van der Waals surface area contributed by atoms with E-state index in [2.05, 4.69) is 6.92 Å². The largest absolute Gasteiger partial charge is 0.616 e. The number of ether oxygens (including phenoxy) is 1. The lowest BCUT2D eigenvalue weighted by atomic mass is 10.4. The van der Waals surface area contributed by atoms with E-state index >= 15 is 0 Å². The van der Waals surface area contributed by atoms with E-state index < -0.39 is 11.2 Å². The molecule has 0 bridgehead atoms. The van der Waals surface area contributed by atoms with Crippen LogP contribution in [-0.4, -0.2) is 46.7 Å². The zero-order valence-corrected chi connectivity index (χ0v) is 9.35. The Hall–Kier alpha value is -0.420. The van der Waals surface area contributed by atoms with E-state index in [-0.39, 0.29) is 6.09 Å². The Kier molecular flexibility index (Phi) is 5.11. The van der Waals surface area contributed by atoms with Crippen LogP contribution >= 0.6 is 0 Å². The first-order valence-corrected chi connectivity index (χ1v) is 6.49. The van der Waals surface area contributed by atoms with Crippen molar-refractivity contribution in [3.8, 4) is 0 Å². The minimum absolute atomic E-state index is 0.254. The summed E-state index contributed by atoms with van der Waals surface area (Å²) in [4.78, 5) is 13.0. The number of carbonyl (C=O) groups excluding carboxylic acids is 1. The van der Waals surface area contributed by atoms with Crippen LogP contribution in [0.25, 0.3) is 0 Å². The van der Waals surface area contributed by atoms with Gasteiger partial charge >= 0.3 is 6.09 Å². The third-order valence-electron chi connectivity index (χ3n) is 2.16. The molecule has 0 atom stereocenters. The maximum atomic E-state index is 11.4. The molecule has 0 aliphatic carbocycles. The van der Waals surface area contributed by atoms with Crippen molar-refractivity contribution in [2.75, 3.05) is 31.2 Å². The second kappa shape index (κ2) is 6.14. The molecule has 0 N–H and O–H groups in total. The lowest BCUT2D eigenvalue weighted by molar-refractivity contribution is 0.104. The van der Waals surface area contributed by atoms with Crippen molar-refractivity contribution in [3.05, 3.63) is 0 Å². The number of hydrogen-bond donors (Lipinski definition) is 0. The van der Waals surface area contributed by atoms with Crippen LogP contribution in [0.1, 0.15) is 19.8 Å². The van der Waals surface area contributed by atoms with Gasteiger partial charge in [0.15, 0.2) is 0 Å². The summed E-state index contributed by atoms with van der Waals surface area (Å²) in [7, 11) is 0. The maximum Gasteiger partial charge on any atom is 0.410 e. The third kappa shape index (κ3) is 3.75. The summed E-state index contributed by atoms with van der Waals surface area (Å²) < 4.78 is 16.1. The van der Waals surface area contributed by atoms with Crippen LogP contribution in [0.15, 0.2) is 0 Å². The van der Waals surface area contributed by atoms with Gasteiger partial charge in [-0.3, -0.25) is 4.90 Å². The molecule has 0 aromatic heterocycles. The van der Waals surface area contributed by atoms with Crippen LogP contribution in [0, 0.1) is 0 Å². The number of carbonyl (C=O) groups is 1. The highest BCUT2D eigenvalue weighted by Gasteiger charge is 2.24. The summed E-state index contributed by atoms with van der Waals surface area (Å²) in [5.41, 5.74) is 0. The summed E-state index contributed by atoms with van der Waals surface area (Å²) in [5, 5.41) is 0. The molecule has 1 aliphatic rings. The van der Waals surface area contributed by atoms with E-state index in [0.29, 0.717) is 31.2 Å². The van der Waals surface area contributed by atoms with E-state index in [0.717, 1.165) is 12.8 Å². The summed E-state index contributed by atoms with van der Waals surface area (Å²) in [6.45, 7) is 3.68. The Balaban J connectivity index is 2.17. The molecule has 1 heterocycles. The zero-order valence-electron chi connectivity index (χ0n) is 8.53. The molecule has 1 saturated heterocycles. The van der Waals surface area contributed by atoms with E-state index in [9.17, 15) is 9.35 Å². The highest BCUT2D eigenvalue weighted by Crippen LogP contribution is 2.05. The quantitative estimate of drug-likeness (QED) is 0.525. The van der Waals surface area contributed by atoms with Gasteiger partial charge in [-0.05, 0) is 6.42 Å². The molecule has 0 aromatic carbocycles. The molecule has 14 heavy (non-hydrogen) atoms. The Labute approximate surface area is 87.8 Å². The van der Waals surface area contributed by atoms with Gasteiger partial charge in [-0.15, -0.1) is 0 Å².